The summed E-state index contributed by atoms with van der Waals surface area (Å²) in [5.74, 6) is 0.0249. The first-order valence-electron chi connectivity index (χ1n) is 9.77. The van der Waals surface area contributed by atoms with Crippen molar-refractivity contribution in [2.24, 2.45) is 0 Å². The molecule has 0 aliphatic heterocycles. The zero-order chi connectivity index (χ0) is 21.2. The average Bonchev–Trinajstić information content (AvgIpc) is 2.77. The van der Waals surface area contributed by atoms with Gasteiger partial charge in [-0.3, -0.25) is 25.8 Å². The van der Waals surface area contributed by atoms with Crippen molar-refractivity contribution >= 4 is 23.2 Å². The van der Waals surface area contributed by atoms with Gasteiger partial charge in [0.1, 0.15) is 12.1 Å². The van der Waals surface area contributed by atoms with Gasteiger partial charge in [0.25, 0.3) is 5.91 Å². The van der Waals surface area contributed by atoms with Crippen LogP contribution in [0.4, 0.5) is 17.3 Å². The maximum absolute atomic E-state index is 12.0. The van der Waals surface area contributed by atoms with Gasteiger partial charge in [0.05, 0.1) is 4.92 Å². The van der Waals surface area contributed by atoms with Crippen LogP contribution in [0.15, 0.2) is 48.3 Å². The standard InChI is InChI=1S/C20H24N6O4/c27-17(13-30-16-9-5-2-6-10-16)24-25-20-18(26(28)29)19(22-14-23-20)21-12-11-15-7-3-1-4-8-15/h2,5-7,9-10,14H,1,3-4,8,11-13H2,(H,24,27)(H2,21,22,23,25). The molecule has 1 aliphatic carbocycles. The Hall–Kier alpha value is -3.69. The maximum Gasteiger partial charge on any atom is 0.354 e. The predicted octanol–water partition coefficient (Wildman–Crippen LogP) is 3.21. The van der Waals surface area contributed by atoms with E-state index in [1.807, 2.05) is 6.07 Å². The molecule has 0 fully saturated rings. The molecule has 0 spiro atoms. The normalized spacial score (nSPS) is 13.1. The topological polar surface area (TPSA) is 131 Å². The summed E-state index contributed by atoms with van der Waals surface area (Å²) in [5.41, 5.74) is 5.86. The fourth-order valence-corrected chi connectivity index (χ4v) is 3.08. The van der Waals surface area contributed by atoms with Crippen LogP contribution in [0, 0.1) is 10.1 Å². The van der Waals surface area contributed by atoms with E-state index in [9.17, 15) is 14.9 Å². The summed E-state index contributed by atoms with van der Waals surface area (Å²) in [7, 11) is 0. The summed E-state index contributed by atoms with van der Waals surface area (Å²) in [5, 5.41) is 14.6. The summed E-state index contributed by atoms with van der Waals surface area (Å²) >= 11 is 0. The third kappa shape index (κ3) is 6.16. The molecule has 0 bridgehead atoms. The molecule has 0 unspecified atom stereocenters. The van der Waals surface area contributed by atoms with Crippen molar-refractivity contribution < 1.29 is 14.5 Å². The van der Waals surface area contributed by atoms with Gasteiger partial charge in [-0.15, -0.1) is 0 Å². The van der Waals surface area contributed by atoms with Crippen molar-refractivity contribution in [2.45, 2.75) is 32.1 Å². The number of hydrogen-bond acceptors (Lipinski definition) is 8. The van der Waals surface area contributed by atoms with E-state index in [4.69, 9.17) is 4.74 Å². The van der Waals surface area contributed by atoms with Crippen molar-refractivity contribution in [3.8, 4) is 5.75 Å². The summed E-state index contributed by atoms with van der Waals surface area (Å²) in [6.07, 6.45) is 8.79. The number of anilines is 2. The lowest BCUT2D eigenvalue weighted by atomic mass is 9.97. The first-order chi connectivity index (χ1) is 14.6. The third-order valence-corrected chi connectivity index (χ3v) is 4.56. The van der Waals surface area contributed by atoms with Gasteiger partial charge in [-0.2, -0.15) is 0 Å². The van der Waals surface area contributed by atoms with Gasteiger partial charge in [-0.25, -0.2) is 9.97 Å². The Labute approximate surface area is 173 Å². The van der Waals surface area contributed by atoms with Gasteiger partial charge in [-0.1, -0.05) is 29.8 Å². The largest absolute Gasteiger partial charge is 0.484 e. The summed E-state index contributed by atoms with van der Waals surface area (Å²) in [4.78, 5) is 30.8. The van der Waals surface area contributed by atoms with Crippen molar-refractivity contribution in [1.29, 1.82) is 0 Å². The molecule has 1 aromatic carbocycles. The number of hydrogen-bond donors (Lipinski definition) is 3. The van der Waals surface area contributed by atoms with Gasteiger partial charge in [-0.05, 0) is 44.2 Å². The molecule has 2 aromatic rings. The van der Waals surface area contributed by atoms with Crippen LogP contribution in [0.5, 0.6) is 5.75 Å². The molecule has 1 amide bonds. The number of nitrogens with one attached hydrogen (secondary N) is 3. The average molecular weight is 412 g/mol. The highest BCUT2D eigenvalue weighted by Crippen LogP contribution is 2.28. The van der Waals surface area contributed by atoms with Crippen molar-refractivity contribution in [1.82, 2.24) is 15.4 Å². The number of carbonyl (C=O) groups excluding carboxylic acids is 1. The summed E-state index contributed by atoms with van der Waals surface area (Å²) in [6.45, 7) is 0.274. The van der Waals surface area contributed by atoms with E-state index in [2.05, 4.69) is 32.2 Å². The second-order valence-corrected chi connectivity index (χ2v) is 6.74. The summed E-state index contributed by atoms with van der Waals surface area (Å²) < 4.78 is 5.33. The molecule has 0 saturated heterocycles. The monoisotopic (exact) mass is 412 g/mol. The summed E-state index contributed by atoms with van der Waals surface area (Å²) in [6, 6.07) is 8.85. The maximum atomic E-state index is 12.0. The fraction of sp³-hybridized carbons (Fsp3) is 0.350. The van der Waals surface area contributed by atoms with Crippen molar-refractivity contribution in [3.63, 3.8) is 0 Å². The lowest BCUT2D eigenvalue weighted by Crippen LogP contribution is -2.34. The number of carbonyl (C=O) groups is 1. The second-order valence-electron chi connectivity index (χ2n) is 6.74. The molecule has 1 aromatic heterocycles. The lowest BCUT2D eigenvalue weighted by molar-refractivity contribution is -0.383. The van der Waals surface area contributed by atoms with Gasteiger partial charge in [0.15, 0.2) is 6.61 Å². The number of amides is 1. The highest BCUT2D eigenvalue weighted by Gasteiger charge is 2.23. The lowest BCUT2D eigenvalue weighted by Gasteiger charge is -2.14. The Morgan fingerprint density at radius 3 is 2.70 bits per heavy atom. The quantitative estimate of drug-likeness (QED) is 0.308. The van der Waals surface area contributed by atoms with E-state index in [-0.39, 0.29) is 23.9 Å². The van der Waals surface area contributed by atoms with Crippen LogP contribution < -0.4 is 20.9 Å². The van der Waals surface area contributed by atoms with Crippen LogP contribution in [0.2, 0.25) is 0 Å². The zero-order valence-electron chi connectivity index (χ0n) is 16.5. The second kappa shape index (κ2) is 10.7. The minimum Gasteiger partial charge on any atom is -0.484 e. The number of benzene rings is 1. The van der Waals surface area contributed by atoms with E-state index < -0.39 is 10.8 Å². The number of rotatable bonds is 10. The van der Waals surface area contributed by atoms with Crippen molar-refractivity contribution in [2.75, 3.05) is 23.9 Å². The Morgan fingerprint density at radius 1 is 1.17 bits per heavy atom. The first-order valence-corrected chi connectivity index (χ1v) is 9.77. The first kappa shape index (κ1) is 21.0. The molecule has 0 radical (unpaired) electrons. The molecule has 0 atom stereocenters. The van der Waals surface area contributed by atoms with Gasteiger partial charge in [0.2, 0.25) is 11.6 Å². The van der Waals surface area contributed by atoms with E-state index in [0.717, 1.165) is 19.3 Å². The number of para-hydroxylation sites is 1. The molecular formula is C20H24N6O4. The third-order valence-electron chi connectivity index (χ3n) is 4.56. The van der Waals surface area contributed by atoms with Crippen LogP contribution in [-0.2, 0) is 4.79 Å². The number of allylic oxidation sites excluding steroid dienone is 1. The van der Waals surface area contributed by atoms with Gasteiger partial charge < -0.3 is 10.1 Å². The minimum absolute atomic E-state index is 0.101. The predicted molar refractivity (Wildman–Crippen MR) is 112 cm³/mol. The Bertz CT molecular complexity index is 903. The number of nitrogens with zero attached hydrogens (tertiary/aromatic N) is 3. The molecule has 10 nitrogen and oxygen atoms in total. The molecular weight excluding hydrogens is 388 g/mol. The SMILES string of the molecule is O=C(COc1ccccc1)NNc1ncnc(NCCC2=CCCCC2)c1[N+](=O)[O-]. The molecule has 3 rings (SSSR count). The molecule has 1 aliphatic rings. The van der Waals surface area contributed by atoms with Crippen molar-refractivity contribution in [3.05, 3.63) is 58.4 Å². The van der Waals surface area contributed by atoms with E-state index in [1.54, 1.807) is 24.3 Å². The van der Waals surface area contributed by atoms with E-state index in [1.165, 1.54) is 24.7 Å². The van der Waals surface area contributed by atoms with Crippen LogP contribution in [0.25, 0.3) is 0 Å². The Kier molecular flexibility index (Phi) is 7.53. The van der Waals surface area contributed by atoms with Gasteiger partial charge in [0, 0.05) is 6.54 Å². The zero-order valence-corrected chi connectivity index (χ0v) is 16.5. The van der Waals surface area contributed by atoms with Crippen LogP contribution in [0.3, 0.4) is 0 Å². The number of hydrazine groups is 1. The van der Waals surface area contributed by atoms with Crippen LogP contribution in [-0.4, -0.2) is 34.0 Å². The number of aromatic nitrogens is 2. The molecule has 3 N–H and O–H groups in total. The van der Waals surface area contributed by atoms with E-state index in [0.29, 0.717) is 12.3 Å². The van der Waals surface area contributed by atoms with E-state index >= 15 is 0 Å². The molecule has 0 saturated carbocycles. The Balaban J connectivity index is 1.56. The smallest absolute Gasteiger partial charge is 0.354 e. The molecule has 10 heteroatoms. The molecule has 30 heavy (non-hydrogen) atoms. The number of nitro groups is 1. The minimum atomic E-state index is -0.586. The van der Waals surface area contributed by atoms with Crippen LogP contribution in [0.1, 0.15) is 32.1 Å². The van der Waals surface area contributed by atoms with Crippen LogP contribution >= 0.6 is 0 Å². The Morgan fingerprint density at radius 2 is 1.97 bits per heavy atom. The molecule has 158 valence electrons. The highest BCUT2D eigenvalue weighted by molar-refractivity contribution is 5.80. The molecule has 1 heterocycles. The number of ether oxygens (including phenoxy) is 1. The highest BCUT2D eigenvalue weighted by atomic mass is 16.6. The fourth-order valence-electron chi connectivity index (χ4n) is 3.08. The van der Waals surface area contributed by atoms with Gasteiger partial charge >= 0.3 is 5.69 Å².